The third kappa shape index (κ3) is 1.70. The molecule has 2 heterocycles. The van der Waals surface area contributed by atoms with Crippen molar-refractivity contribution in [2.75, 3.05) is 0 Å². The van der Waals surface area contributed by atoms with Crippen LogP contribution in [0.5, 0.6) is 0 Å². The standard InChI is InChI=1S/C13H17BP/c1-10-11(2)13(4)15(12(10)3)14-8-6-5-7-9-14/h5-9H,1-4H3/q-1. The second-order valence-electron chi connectivity index (χ2n) is 4.24. The van der Waals surface area contributed by atoms with Gasteiger partial charge in [-0.25, -0.2) is 0 Å². The summed E-state index contributed by atoms with van der Waals surface area (Å²) in [5, 5.41) is 3.22. The van der Waals surface area contributed by atoms with Crippen molar-refractivity contribution < 1.29 is 0 Å². The Morgan fingerprint density at radius 1 is 0.800 bits per heavy atom. The summed E-state index contributed by atoms with van der Waals surface area (Å²) in [5.41, 5.74) is 3.05. The summed E-state index contributed by atoms with van der Waals surface area (Å²) in [6.45, 7) is 9.14. The molecule has 0 amide bonds. The minimum absolute atomic E-state index is 0.0988. The zero-order valence-corrected chi connectivity index (χ0v) is 10.8. The van der Waals surface area contributed by atoms with Gasteiger partial charge < -0.3 is 7.41 Å². The van der Waals surface area contributed by atoms with Gasteiger partial charge in [0.15, 0.2) is 0 Å². The Labute approximate surface area is 93.4 Å². The summed E-state index contributed by atoms with van der Waals surface area (Å²) in [7, 11) is -0.0988. The Bertz CT molecular complexity index is 457. The molecule has 2 rings (SSSR count). The van der Waals surface area contributed by atoms with Crippen molar-refractivity contribution >= 4 is 13.5 Å². The molecule has 0 bridgehead atoms. The Hall–Kier alpha value is -0.805. The summed E-state index contributed by atoms with van der Waals surface area (Å²) >= 11 is 0. The fourth-order valence-electron chi connectivity index (χ4n) is 2.26. The Morgan fingerprint density at radius 2 is 1.27 bits per heavy atom. The summed E-state index contributed by atoms with van der Waals surface area (Å²) in [6, 6.07) is 7.09. The first-order valence-electron chi connectivity index (χ1n) is 5.46. The molecule has 0 atom stereocenters. The Kier molecular flexibility index (Phi) is 2.84. The predicted molar refractivity (Wildman–Crippen MR) is 71.3 cm³/mol. The summed E-state index contributed by atoms with van der Waals surface area (Å²) in [5.74, 6) is 4.68. The minimum atomic E-state index is -0.0988. The van der Waals surface area contributed by atoms with Gasteiger partial charge in [0.1, 0.15) is 0 Å². The van der Waals surface area contributed by atoms with Crippen LogP contribution in [-0.4, -0.2) is 6.06 Å². The van der Waals surface area contributed by atoms with Crippen LogP contribution in [0.3, 0.4) is 0 Å². The van der Waals surface area contributed by atoms with E-state index in [2.05, 4.69) is 57.8 Å². The first-order valence-corrected chi connectivity index (χ1v) is 6.87. The lowest BCUT2D eigenvalue weighted by Gasteiger charge is -2.16. The highest BCUT2D eigenvalue weighted by Gasteiger charge is 2.06. The van der Waals surface area contributed by atoms with E-state index in [0.717, 1.165) is 0 Å². The fraction of sp³-hybridized carbons (Fsp3) is 0.308. The maximum atomic E-state index is 2.34. The smallest absolute Gasteiger partial charge is 0.0390 e. The molecule has 2 aromatic rings. The van der Waals surface area contributed by atoms with Gasteiger partial charge in [0.2, 0.25) is 0 Å². The minimum Gasteiger partial charge on any atom is -0.306 e. The number of hydrogen-bond donors (Lipinski definition) is 0. The van der Waals surface area contributed by atoms with E-state index in [-0.39, 0.29) is 7.41 Å². The van der Waals surface area contributed by atoms with E-state index < -0.39 is 0 Å². The highest BCUT2D eigenvalue weighted by molar-refractivity contribution is 7.83. The molecule has 0 radical (unpaired) electrons. The van der Waals surface area contributed by atoms with Crippen molar-refractivity contribution in [1.29, 1.82) is 0 Å². The molecule has 0 fully saturated rings. The Balaban J connectivity index is 2.69. The molecule has 2 aromatic heterocycles. The van der Waals surface area contributed by atoms with E-state index in [1.807, 2.05) is 0 Å². The molecule has 0 nitrogen and oxygen atoms in total. The van der Waals surface area contributed by atoms with Crippen molar-refractivity contribution in [3.8, 4) is 0 Å². The van der Waals surface area contributed by atoms with E-state index in [9.17, 15) is 0 Å². The van der Waals surface area contributed by atoms with Gasteiger partial charge in [-0.1, -0.05) is 22.7 Å². The molecular weight excluding hydrogens is 198 g/mol. The summed E-state index contributed by atoms with van der Waals surface area (Å²) in [6.07, 6.45) is 0. The highest BCUT2D eigenvalue weighted by Crippen LogP contribution is 2.43. The third-order valence-corrected chi connectivity index (χ3v) is 6.56. The van der Waals surface area contributed by atoms with Crippen molar-refractivity contribution in [3.63, 3.8) is 0 Å². The third-order valence-electron chi connectivity index (χ3n) is 3.51. The molecule has 0 saturated carbocycles. The predicted octanol–water partition coefficient (Wildman–Crippen LogP) is 4.24. The van der Waals surface area contributed by atoms with Crippen LogP contribution in [0.1, 0.15) is 21.7 Å². The molecule has 0 spiro atoms. The molecule has 0 saturated heterocycles. The van der Waals surface area contributed by atoms with E-state index in [0.29, 0.717) is 6.06 Å². The van der Waals surface area contributed by atoms with Crippen molar-refractivity contribution in [3.05, 3.63) is 51.8 Å². The molecule has 0 aliphatic carbocycles. The average molecular weight is 215 g/mol. The van der Waals surface area contributed by atoms with Crippen molar-refractivity contribution in [2.24, 2.45) is 0 Å². The topological polar surface area (TPSA) is 0 Å². The van der Waals surface area contributed by atoms with Gasteiger partial charge in [0.05, 0.1) is 0 Å². The monoisotopic (exact) mass is 215 g/mol. The molecule has 2 heteroatoms. The van der Waals surface area contributed by atoms with Gasteiger partial charge in [-0.3, -0.25) is 11.9 Å². The summed E-state index contributed by atoms with van der Waals surface area (Å²) in [4.78, 5) is 0. The molecule has 78 valence electrons. The molecular formula is C13H17BP-. The molecule has 0 unspecified atom stereocenters. The largest absolute Gasteiger partial charge is 0.306 e. The van der Waals surface area contributed by atoms with Crippen LogP contribution in [0.2, 0.25) is 0 Å². The van der Waals surface area contributed by atoms with E-state index in [1.54, 1.807) is 10.6 Å². The lowest BCUT2D eigenvalue weighted by atomic mass is 9.94. The van der Waals surface area contributed by atoms with Gasteiger partial charge >= 0.3 is 0 Å². The highest BCUT2D eigenvalue weighted by atomic mass is 31.1. The first-order chi connectivity index (χ1) is 7.13. The maximum Gasteiger partial charge on any atom is -0.0390 e. The zero-order chi connectivity index (χ0) is 11.0. The number of hydrogen-bond acceptors (Lipinski definition) is 0. The maximum absolute atomic E-state index is 2.34. The van der Waals surface area contributed by atoms with Gasteiger partial charge in [-0.15, -0.1) is 12.1 Å². The van der Waals surface area contributed by atoms with Gasteiger partial charge in [-0.2, -0.15) is 0 Å². The molecule has 0 aromatic carbocycles. The van der Waals surface area contributed by atoms with Crippen LogP contribution in [0.15, 0.2) is 30.1 Å². The van der Waals surface area contributed by atoms with Crippen LogP contribution >= 0.6 is 7.41 Å². The van der Waals surface area contributed by atoms with Crippen LogP contribution in [0.4, 0.5) is 0 Å². The van der Waals surface area contributed by atoms with Gasteiger partial charge in [0.25, 0.3) is 0 Å². The molecule has 0 N–H and O–H groups in total. The van der Waals surface area contributed by atoms with Crippen LogP contribution in [-0.2, 0) is 0 Å². The van der Waals surface area contributed by atoms with Gasteiger partial charge in [-0.05, 0) is 38.8 Å². The van der Waals surface area contributed by atoms with E-state index >= 15 is 0 Å². The second kappa shape index (κ2) is 3.98. The van der Waals surface area contributed by atoms with Crippen LogP contribution in [0, 0.1) is 27.7 Å². The number of rotatable bonds is 1. The van der Waals surface area contributed by atoms with Gasteiger partial charge in [0, 0.05) is 0 Å². The SMILES string of the molecule is Cc1c(C)c(C)p(-[b-]2ccccc2)c1C. The zero-order valence-electron chi connectivity index (χ0n) is 9.91. The second-order valence-corrected chi connectivity index (χ2v) is 6.92. The lowest BCUT2D eigenvalue weighted by Crippen LogP contribution is -1.87. The first kappa shape index (κ1) is 10.7. The lowest BCUT2D eigenvalue weighted by molar-refractivity contribution is 1.32. The van der Waals surface area contributed by atoms with Crippen LogP contribution in [0.25, 0.3) is 0 Å². The molecule has 0 aliphatic rings. The van der Waals surface area contributed by atoms with E-state index in [4.69, 9.17) is 0 Å². The molecule has 0 aliphatic heterocycles. The summed E-state index contributed by atoms with van der Waals surface area (Å²) < 4.78 is 0. The fourth-order valence-corrected chi connectivity index (χ4v) is 5.26. The molecule has 15 heavy (non-hydrogen) atoms. The normalized spacial score (nSPS) is 10.7. The Morgan fingerprint density at radius 3 is 1.73 bits per heavy atom. The van der Waals surface area contributed by atoms with Crippen molar-refractivity contribution in [1.82, 2.24) is 0 Å². The van der Waals surface area contributed by atoms with E-state index in [1.165, 1.54) is 11.1 Å². The van der Waals surface area contributed by atoms with Crippen LogP contribution < -0.4 is 0 Å². The quantitative estimate of drug-likeness (QED) is 0.667. The average Bonchev–Trinajstić information content (AvgIpc) is 2.45. The van der Waals surface area contributed by atoms with Crippen molar-refractivity contribution in [2.45, 2.75) is 27.7 Å².